The highest BCUT2D eigenvalue weighted by Crippen LogP contribution is 2.31. The van der Waals surface area contributed by atoms with Crippen molar-refractivity contribution >= 4 is 34.9 Å². The van der Waals surface area contributed by atoms with Crippen LogP contribution in [0.1, 0.15) is 21.7 Å². The second kappa shape index (κ2) is 7.87. The van der Waals surface area contributed by atoms with Gasteiger partial charge in [0, 0.05) is 31.7 Å². The Morgan fingerprint density at radius 1 is 1.27 bits per heavy atom. The lowest BCUT2D eigenvalue weighted by molar-refractivity contribution is -0.122. The van der Waals surface area contributed by atoms with Crippen LogP contribution in [0.25, 0.3) is 6.08 Å². The van der Waals surface area contributed by atoms with Gasteiger partial charge < -0.3 is 5.32 Å². The summed E-state index contributed by atoms with van der Waals surface area (Å²) < 4.78 is 0. The molecule has 0 unspecified atom stereocenters. The number of aryl methyl sites for hydroxylation is 1. The molecule has 3 rings (SSSR count). The molecule has 0 bridgehead atoms. The molecule has 0 atom stereocenters. The Kier molecular flexibility index (Phi) is 5.37. The molecule has 1 aliphatic heterocycles. The molecule has 2 aromatic heterocycles. The van der Waals surface area contributed by atoms with Crippen molar-refractivity contribution in [3.05, 3.63) is 58.8 Å². The van der Waals surface area contributed by atoms with E-state index in [-0.39, 0.29) is 29.9 Å². The number of rotatable bonds is 5. The molecule has 3 heterocycles. The highest BCUT2D eigenvalue weighted by molar-refractivity contribution is 8.18. The number of hydrogen-bond donors (Lipinski definition) is 1. The van der Waals surface area contributed by atoms with E-state index in [0.29, 0.717) is 10.6 Å². The number of aromatic nitrogens is 3. The lowest BCUT2D eigenvalue weighted by Gasteiger charge is -2.12. The molecule has 0 aromatic carbocycles. The Bertz CT molecular complexity index is 868. The number of carbonyl (C=O) groups is 3. The van der Waals surface area contributed by atoms with E-state index in [4.69, 9.17) is 0 Å². The fourth-order valence-electron chi connectivity index (χ4n) is 2.19. The molecule has 0 radical (unpaired) electrons. The molecule has 132 valence electrons. The van der Waals surface area contributed by atoms with Crippen molar-refractivity contribution in [2.45, 2.75) is 6.92 Å². The lowest BCUT2D eigenvalue weighted by atomic mass is 10.2. The molecule has 1 aliphatic rings. The Morgan fingerprint density at radius 3 is 2.81 bits per heavy atom. The summed E-state index contributed by atoms with van der Waals surface area (Å²) in [5.74, 6) is -0.788. The van der Waals surface area contributed by atoms with Crippen LogP contribution < -0.4 is 5.32 Å². The average Bonchev–Trinajstić information content (AvgIpc) is 2.90. The summed E-state index contributed by atoms with van der Waals surface area (Å²) in [7, 11) is 0. The van der Waals surface area contributed by atoms with E-state index < -0.39 is 5.91 Å². The van der Waals surface area contributed by atoms with Crippen LogP contribution in [0.2, 0.25) is 0 Å². The third-order valence-corrected chi connectivity index (χ3v) is 4.40. The van der Waals surface area contributed by atoms with Crippen molar-refractivity contribution in [1.82, 2.24) is 25.2 Å². The first-order valence-electron chi connectivity index (χ1n) is 7.77. The smallest absolute Gasteiger partial charge is 0.293 e. The second-order valence-corrected chi connectivity index (χ2v) is 6.41. The fourth-order valence-corrected chi connectivity index (χ4v) is 3.05. The summed E-state index contributed by atoms with van der Waals surface area (Å²) in [4.78, 5) is 49.8. The van der Waals surface area contributed by atoms with Crippen LogP contribution >= 0.6 is 11.8 Å². The molecule has 3 amide bonds. The molecule has 9 heteroatoms. The Hall–Kier alpha value is -3.07. The third-order valence-electron chi connectivity index (χ3n) is 3.49. The standard InChI is InChI=1S/C17H15N5O3S/c1-11-8-21-13(10-20-11)15(23)19-5-6-22-16(24)14(26-17(22)25)7-12-3-2-4-18-9-12/h2-4,7-10H,5-6H2,1H3,(H,19,23)/b14-7-. The number of pyridine rings is 1. The van der Waals surface area contributed by atoms with Gasteiger partial charge in [-0.1, -0.05) is 6.07 Å². The molecule has 1 N–H and O–H groups in total. The van der Waals surface area contributed by atoms with E-state index in [1.54, 1.807) is 37.5 Å². The minimum atomic E-state index is -0.407. The number of thioether (sulfide) groups is 1. The van der Waals surface area contributed by atoms with Crippen LogP contribution in [0.3, 0.4) is 0 Å². The number of carbonyl (C=O) groups excluding carboxylic acids is 3. The highest BCUT2D eigenvalue weighted by atomic mass is 32.2. The van der Waals surface area contributed by atoms with Gasteiger partial charge in [-0.05, 0) is 36.4 Å². The maximum Gasteiger partial charge on any atom is 0.293 e. The third kappa shape index (κ3) is 4.12. The SMILES string of the molecule is Cc1cnc(C(=O)NCCN2C(=O)S/C(=C\c3cccnc3)C2=O)cn1. The van der Waals surface area contributed by atoms with Gasteiger partial charge in [-0.25, -0.2) is 4.98 Å². The van der Waals surface area contributed by atoms with E-state index in [1.165, 1.54) is 12.4 Å². The normalized spacial score (nSPS) is 15.6. The summed E-state index contributed by atoms with van der Waals surface area (Å²) in [6.45, 7) is 1.99. The molecule has 8 nitrogen and oxygen atoms in total. The Labute approximate surface area is 153 Å². The summed E-state index contributed by atoms with van der Waals surface area (Å²) >= 11 is 0.869. The second-order valence-electron chi connectivity index (χ2n) is 5.42. The summed E-state index contributed by atoms with van der Waals surface area (Å²) in [5.41, 5.74) is 1.63. The van der Waals surface area contributed by atoms with Crippen LogP contribution in [0.4, 0.5) is 4.79 Å². The van der Waals surface area contributed by atoms with E-state index in [2.05, 4.69) is 20.3 Å². The topological polar surface area (TPSA) is 105 Å². The van der Waals surface area contributed by atoms with Crippen molar-refractivity contribution in [1.29, 1.82) is 0 Å². The molecule has 0 saturated carbocycles. The predicted octanol–water partition coefficient (Wildman–Crippen LogP) is 1.65. The van der Waals surface area contributed by atoms with Gasteiger partial charge in [0.05, 0.1) is 16.8 Å². The lowest BCUT2D eigenvalue weighted by Crippen LogP contribution is -2.37. The molecule has 1 fully saturated rings. The van der Waals surface area contributed by atoms with Crippen molar-refractivity contribution in [2.75, 3.05) is 13.1 Å². The van der Waals surface area contributed by atoms with Gasteiger partial charge in [-0.15, -0.1) is 0 Å². The quantitative estimate of drug-likeness (QED) is 0.799. The summed E-state index contributed by atoms with van der Waals surface area (Å²) in [5, 5.41) is 2.26. The summed E-state index contributed by atoms with van der Waals surface area (Å²) in [6, 6.07) is 3.55. The van der Waals surface area contributed by atoms with Crippen molar-refractivity contribution in [3.8, 4) is 0 Å². The van der Waals surface area contributed by atoms with Gasteiger partial charge in [0.2, 0.25) is 0 Å². The average molecular weight is 369 g/mol. The number of nitrogens with one attached hydrogen (secondary N) is 1. The van der Waals surface area contributed by atoms with Crippen LogP contribution in [0.5, 0.6) is 0 Å². The van der Waals surface area contributed by atoms with E-state index >= 15 is 0 Å². The largest absolute Gasteiger partial charge is 0.349 e. The van der Waals surface area contributed by atoms with Gasteiger partial charge in [0.1, 0.15) is 5.69 Å². The molecule has 26 heavy (non-hydrogen) atoms. The maximum absolute atomic E-state index is 12.4. The van der Waals surface area contributed by atoms with Gasteiger partial charge in [-0.2, -0.15) is 0 Å². The zero-order chi connectivity index (χ0) is 18.5. The van der Waals surface area contributed by atoms with Crippen molar-refractivity contribution in [2.24, 2.45) is 0 Å². The van der Waals surface area contributed by atoms with Gasteiger partial charge in [0.25, 0.3) is 17.1 Å². The van der Waals surface area contributed by atoms with Crippen LogP contribution in [0, 0.1) is 6.92 Å². The number of amides is 3. The first kappa shape index (κ1) is 17.7. The Morgan fingerprint density at radius 2 is 2.12 bits per heavy atom. The van der Waals surface area contributed by atoms with Crippen LogP contribution in [-0.2, 0) is 4.79 Å². The minimum absolute atomic E-state index is 0.0834. The number of hydrogen-bond acceptors (Lipinski definition) is 7. The first-order chi connectivity index (χ1) is 12.5. The number of imide groups is 1. The zero-order valence-corrected chi connectivity index (χ0v) is 14.7. The monoisotopic (exact) mass is 369 g/mol. The molecule has 1 saturated heterocycles. The van der Waals surface area contributed by atoms with Crippen LogP contribution in [-0.4, -0.2) is 50.0 Å². The molecule has 2 aromatic rings. The van der Waals surface area contributed by atoms with Gasteiger partial charge >= 0.3 is 0 Å². The fraction of sp³-hybridized carbons (Fsp3) is 0.176. The molecule has 0 aliphatic carbocycles. The Balaban J connectivity index is 1.57. The highest BCUT2D eigenvalue weighted by Gasteiger charge is 2.34. The zero-order valence-electron chi connectivity index (χ0n) is 13.9. The minimum Gasteiger partial charge on any atom is -0.349 e. The predicted molar refractivity (Wildman–Crippen MR) is 96.0 cm³/mol. The van der Waals surface area contributed by atoms with E-state index in [9.17, 15) is 14.4 Å². The maximum atomic E-state index is 12.4. The summed E-state index contributed by atoms with van der Waals surface area (Å²) in [6.07, 6.45) is 7.73. The van der Waals surface area contributed by atoms with E-state index in [1.807, 2.05) is 0 Å². The van der Waals surface area contributed by atoms with Gasteiger partial charge in [0.15, 0.2) is 0 Å². The number of nitrogens with zero attached hydrogens (tertiary/aromatic N) is 4. The molecule has 0 spiro atoms. The first-order valence-corrected chi connectivity index (χ1v) is 8.58. The molecular formula is C17H15N5O3S. The van der Waals surface area contributed by atoms with Crippen LogP contribution in [0.15, 0.2) is 41.8 Å². The van der Waals surface area contributed by atoms with Crippen molar-refractivity contribution in [3.63, 3.8) is 0 Å². The van der Waals surface area contributed by atoms with E-state index in [0.717, 1.165) is 22.2 Å². The molecular weight excluding hydrogens is 354 g/mol. The van der Waals surface area contributed by atoms with Crippen molar-refractivity contribution < 1.29 is 14.4 Å². The van der Waals surface area contributed by atoms with Gasteiger partial charge in [-0.3, -0.25) is 29.3 Å².